The lowest BCUT2D eigenvalue weighted by molar-refractivity contribution is -0.139. The minimum absolute atomic E-state index is 0.0247. The summed E-state index contributed by atoms with van der Waals surface area (Å²) in [4.78, 5) is 24.6. The van der Waals surface area contributed by atoms with Gasteiger partial charge in [-0.05, 0) is 45.0 Å². The molecule has 3 aromatic rings. The normalized spacial score (nSPS) is 11.7. The third-order valence-electron chi connectivity index (χ3n) is 3.82. The quantitative estimate of drug-likeness (QED) is 0.570. The van der Waals surface area contributed by atoms with Gasteiger partial charge < -0.3 is 15.7 Å². The van der Waals surface area contributed by atoms with Crippen molar-refractivity contribution in [3.8, 4) is 11.1 Å². The van der Waals surface area contributed by atoms with Gasteiger partial charge in [-0.3, -0.25) is 9.59 Å². The molecule has 5 nitrogen and oxygen atoms in total. The van der Waals surface area contributed by atoms with E-state index in [2.05, 4.69) is 16.0 Å². The molecule has 2 amide bonds. The van der Waals surface area contributed by atoms with Crippen LogP contribution in [0.4, 0.5) is 0 Å². The first-order chi connectivity index (χ1) is 12.6. The molecule has 0 saturated carbocycles. The Morgan fingerprint density at radius 3 is 2.38 bits per heavy atom. The fourth-order valence-electron chi connectivity index (χ4n) is 2.37. The first-order valence-corrected chi connectivity index (χ1v) is 9.85. The number of thiophene rings is 2. The number of aliphatic hydroxyl groups is 1. The Hall–Kier alpha value is -2.48. The molecule has 0 bridgehead atoms. The van der Waals surface area contributed by atoms with Crippen molar-refractivity contribution in [2.24, 2.45) is 0 Å². The number of aliphatic hydroxyl groups excluding tert-OH is 1. The molecule has 1 atom stereocenters. The molecule has 3 rings (SSSR count). The summed E-state index contributed by atoms with van der Waals surface area (Å²) in [5, 5.41) is 21.2. The molecule has 0 aliphatic heterocycles. The summed E-state index contributed by atoms with van der Waals surface area (Å²) in [6.07, 6.45) is -0.874. The van der Waals surface area contributed by atoms with E-state index >= 15 is 0 Å². The number of hydrogen-bond acceptors (Lipinski definition) is 5. The molecule has 26 heavy (non-hydrogen) atoms. The molecule has 2 aromatic heterocycles. The molecule has 0 aliphatic rings. The summed E-state index contributed by atoms with van der Waals surface area (Å²) >= 11 is 3.13. The lowest BCUT2D eigenvalue weighted by atomic mass is 10.0. The van der Waals surface area contributed by atoms with Crippen molar-refractivity contribution in [3.05, 3.63) is 69.0 Å². The van der Waals surface area contributed by atoms with Gasteiger partial charge >= 0.3 is 11.8 Å². The number of carbonyl (C=O) groups excluding carboxylic acids is 2. The van der Waals surface area contributed by atoms with Crippen LogP contribution in [0.25, 0.3) is 11.1 Å². The van der Waals surface area contributed by atoms with Crippen LogP contribution in [0.15, 0.2) is 58.6 Å². The van der Waals surface area contributed by atoms with Gasteiger partial charge in [0.1, 0.15) is 0 Å². The van der Waals surface area contributed by atoms with Gasteiger partial charge in [-0.25, -0.2) is 0 Å². The minimum Gasteiger partial charge on any atom is -0.387 e. The summed E-state index contributed by atoms with van der Waals surface area (Å²) in [6.45, 7) is 0.291. The fraction of sp³-hybridized carbons (Fsp3) is 0.158. The minimum atomic E-state index is -0.874. The molecular formula is C19H18N2O3S2. The molecular weight excluding hydrogens is 368 g/mol. The average Bonchev–Trinajstić information content (AvgIpc) is 3.37. The van der Waals surface area contributed by atoms with Gasteiger partial charge in [-0.1, -0.05) is 30.3 Å². The Morgan fingerprint density at radius 1 is 0.962 bits per heavy atom. The van der Waals surface area contributed by atoms with Gasteiger partial charge in [-0.2, -0.15) is 11.3 Å². The third kappa shape index (κ3) is 4.78. The molecule has 2 heterocycles. The maximum absolute atomic E-state index is 11.8. The predicted molar refractivity (Wildman–Crippen MR) is 104 cm³/mol. The lowest BCUT2D eigenvalue weighted by Gasteiger charge is -2.12. The van der Waals surface area contributed by atoms with Gasteiger partial charge in [0.25, 0.3) is 0 Å². The maximum Gasteiger partial charge on any atom is 0.309 e. The number of amides is 2. The average molecular weight is 386 g/mol. The van der Waals surface area contributed by atoms with E-state index in [1.165, 1.54) is 11.3 Å². The van der Waals surface area contributed by atoms with Gasteiger partial charge in [0.05, 0.1) is 12.6 Å². The first-order valence-electron chi connectivity index (χ1n) is 8.02. The van der Waals surface area contributed by atoms with Gasteiger partial charge in [-0.15, -0.1) is 11.3 Å². The van der Waals surface area contributed by atoms with E-state index in [1.54, 1.807) is 11.3 Å². The van der Waals surface area contributed by atoms with Crippen LogP contribution in [0.1, 0.15) is 16.5 Å². The zero-order valence-corrected chi connectivity index (χ0v) is 15.5. The van der Waals surface area contributed by atoms with Crippen LogP contribution in [0.5, 0.6) is 0 Å². The van der Waals surface area contributed by atoms with Gasteiger partial charge in [0.2, 0.25) is 0 Å². The van der Waals surface area contributed by atoms with Crippen LogP contribution in [0.2, 0.25) is 0 Å². The van der Waals surface area contributed by atoms with Crippen molar-refractivity contribution in [1.82, 2.24) is 10.6 Å². The Morgan fingerprint density at radius 2 is 1.73 bits per heavy atom. The molecule has 0 spiro atoms. The van der Waals surface area contributed by atoms with E-state index in [9.17, 15) is 14.7 Å². The molecule has 0 radical (unpaired) electrons. The van der Waals surface area contributed by atoms with E-state index in [4.69, 9.17) is 0 Å². The Balaban J connectivity index is 1.47. The van der Waals surface area contributed by atoms with E-state index in [0.29, 0.717) is 12.1 Å². The molecule has 0 aliphatic carbocycles. The summed E-state index contributed by atoms with van der Waals surface area (Å²) in [6, 6.07) is 13.3. The van der Waals surface area contributed by atoms with Crippen molar-refractivity contribution in [2.45, 2.75) is 12.6 Å². The fourth-order valence-corrected chi connectivity index (χ4v) is 3.68. The van der Waals surface area contributed by atoms with Crippen molar-refractivity contribution >= 4 is 34.5 Å². The van der Waals surface area contributed by atoms with Crippen LogP contribution in [-0.4, -0.2) is 23.5 Å². The second-order valence-corrected chi connectivity index (χ2v) is 7.43. The van der Waals surface area contributed by atoms with Crippen molar-refractivity contribution in [1.29, 1.82) is 0 Å². The zero-order valence-electron chi connectivity index (χ0n) is 13.8. The topological polar surface area (TPSA) is 78.4 Å². The Kier molecular flexibility index (Phi) is 6.17. The van der Waals surface area contributed by atoms with Crippen molar-refractivity contribution < 1.29 is 14.7 Å². The molecule has 1 aromatic carbocycles. The van der Waals surface area contributed by atoms with Crippen molar-refractivity contribution in [2.75, 3.05) is 6.54 Å². The highest BCUT2D eigenvalue weighted by Gasteiger charge is 2.15. The smallest absolute Gasteiger partial charge is 0.309 e. The molecule has 134 valence electrons. The van der Waals surface area contributed by atoms with Gasteiger partial charge in [0.15, 0.2) is 0 Å². The second kappa shape index (κ2) is 8.75. The van der Waals surface area contributed by atoms with E-state index in [0.717, 1.165) is 16.0 Å². The molecule has 0 fully saturated rings. The molecule has 3 N–H and O–H groups in total. The molecule has 0 saturated heterocycles. The van der Waals surface area contributed by atoms with Crippen LogP contribution in [0.3, 0.4) is 0 Å². The van der Waals surface area contributed by atoms with Crippen molar-refractivity contribution in [3.63, 3.8) is 0 Å². The lowest BCUT2D eigenvalue weighted by Crippen LogP contribution is -2.41. The SMILES string of the molecule is O=C(NCc1cccs1)C(=O)NCC(O)c1ccc(-c2ccsc2)cc1. The summed E-state index contributed by atoms with van der Waals surface area (Å²) in [7, 11) is 0. The molecule has 1 unspecified atom stereocenters. The first kappa shape index (κ1) is 18.3. The second-order valence-electron chi connectivity index (χ2n) is 5.62. The van der Waals surface area contributed by atoms with Gasteiger partial charge in [0, 0.05) is 11.4 Å². The summed E-state index contributed by atoms with van der Waals surface area (Å²) < 4.78 is 0. The van der Waals surface area contributed by atoms with E-state index in [1.807, 2.05) is 53.2 Å². The van der Waals surface area contributed by atoms with E-state index < -0.39 is 17.9 Å². The molecule has 7 heteroatoms. The number of nitrogens with one attached hydrogen (secondary N) is 2. The highest BCUT2D eigenvalue weighted by atomic mass is 32.1. The number of rotatable bonds is 6. The van der Waals surface area contributed by atoms with Crippen LogP contribution in [0, 0.1) is 0 Å². The zero-order chi connectivity index (χ0) is 18.4. The highest BCUT2D eigenvalue weighted by molar-refractivity contribution is 7.09. The standard InChI is InChI=1S/C19H18N2O3S2/c22-17(14-5-3-13(4-6-14)15-7-9-25-12-15)11-21-19(24)18(23)20-10-16-2-1-8-26-16/h1-9,12,17,22H,10-11H2,(H,20,23)(H,21,24). The number of carbonyl (C=O) groups is 2. The number of hydrogen-bond donors (Lipinski definition) is 3. The van der Waals surface area contributed by atoms with Crippen LogP contribution >= 0.6 is 22.7 Å². The van der Waals surface area contributed by atoms with E-state index in [-0.39, 0.29) is 6.54 Å². The predicted octanol–water partition coefficient (Wildman–Crippen LogP) is 2.94. The third-order valence-corrected chi connectivity index (χ3v) is 5.38. The Bertz CT molecular complexity index is 844. The number of benzene rings is 1. The highest BCUT2D eigenvalue weighted by Crippen LogP contribution is 2.23. The maximum atomic E-state index is 11.8. The Labute approximate surface area is 159 Å². The van der Waals surface area contributed by atoms with Crippen LogP contribution < -0.4 is 10.6 Å². The summed E-state index contributed by atoms with van der Waals surface area (Å²) in [5.41, 5.74) is 2.88. The largest absolute Gasteiger partial charge is 0.387 e. The van der Waals surface area contributed by atoms with Crippen LogP contribution in [-0.2, 0) is 16.1 Å². The monoisotopic (exact) mass is 386 g/mol. The summed E-state index contributed by atoms with van der Waals surface area (Å²) in [5.74, 6) is -1.46.